The van der Waals surface area contributed by atoms with Crippen molar-refractivity contribution < 1.29 is 20.1 Å². The highest BCUT2D eigenvalue weighted by atomic mass is 16.3. The van der Waals surface area contributed by atoms with E-state index in [4.69, 9.17) is 0 Å². The summed E-state index contributed by atoms with van der Waals surface area (Å²) in [6.07, 6.45) is 68.0. The van der Waals surface area contributed by atoms with Gasteiger partial charge in [-0.3, -0.25) is 4.79 Å². The van der Waals surface area contributed by atoms with Crippen LogP contribution in [0.2, 0.25) is 0 Å². The number of aliphatic hydroxyl groups is 3. The maximum absolute atomic E-state index is 12.6. The molecule has 3 atom stereocenters. The molecular weight excluding hydrogens is 775 g/mol. The van der Waals surface area contributed by atoms with Gasteiger partial charge in [0.25, 0.3) is 0 Å². The van der Waals surface area contributed by atoms with E-state index in [1.165, 1.54) is 250 Å². The Balaban J connectivity index is 3.50. The van der Waals surface area contributed by atoms with E-state index in [9.17, 15) is 20.1 Å². The SMILES string of the molecule is CCCCCCCCCCC/C=C\C/C=C\CCCCCCCCCCCCCCCCCCC(O)C(=O)NC(CO)C(O)CCCCCCCCCCCCCCCCCCC. The minimum atomic E-state index is -1.07. The number of hydrogen-bond donors (Lipinski definition) is 4. The van der Waals surface area contributed by atoms with Crippen LogP contribution in [0.15, 0.2) is 24.3 Å². The second kappa shape index (κ2) is 53.4. The summed E-state index contributed by atoms with van der Waals surface area (Å²) in [4.78, 5) is 12.6. The molecule has 5 nitrogen and oxygen atoms in total. The molecule has 0 aliphatic heterocycles. The Morgan fingerprint density at radius 2 is 0.651 bits per heavy atom. The van der Waals surface area contributed by atoms with E-state index in [0.29, 0.717) is 12.8 Å². The molecule has 0 saturated carbocycles. The predicted molar refractivity (Wildman–Crippen MR) is 278 cm³/mol. The van der Waals surface area contributed by atoms with Crippen LogP contribution in [0, 0.1) is 0 Å². The lowest BCUT2D eigenvalue weighted by atomic mass is 10.0. The predicted octanol–water partition coefficient (Wildman–Crippen LogP) is 17.7. The normalized spacial score (nSPS) is 13.4. The minimum Gasteiger partial charge on any atom is -0.394 e. The molecular formula is C58H113NO4. The molecule has 0 aromatic rings. The lowest BCUT2D eigenvalue weighted by Crippen LogP contribution is -2.49. The molecule has 3 unspecified atom stereocenters. The van der Waals surface area contributed by atoms with Crippen molar-refractivity contribution in [2.24, 2.45) is 0 Å². The largest absolute Gasteiger partial charge is 0.394 e. The average molecular weight is 889 g/mol. The summed E-state index contributed by atoms with van der Waals surface area (Å²) in [6, 6.07) is -0.710. The van der Waals surface area contributed by atoms with E-state index in [2.05, 4.69) is 43.5 Å². The van der Waals surface area contributed by atoms with Crippen molar-refractivity contribution >= 4 is 5.91 Å². The van der Waals surface area contributed by atoms with Gasteiger partial charge in [-0.05, 0) is 44.9 Å². The number of hydrogen-bond acceptors (Lipinski definition) is 4. The van der Waals surface area contributed by atoms with Gasteiger partial charge < -0.3 is 20.6 Å². The molecule has 0 fully saturated rings. The first-order valence-corrected chi connectivity index (χ1v) is 28.6. The van der Waals surface area contributed by atoms with Crippen LogP contribution < -0.4 is 5.32 Å². The van der Waals surface area contributed by atoms with Gasteiger partial charge in [0.05, 0.1) is 18.8 Å². The van der Waals surface area contributed by atoms with Gasteiger partial charge in [0.1, 0.15) is 6.10 Å². The first kappa shape index (κ1) is 61.8. The molecule has 63 heavy (non-hydrogen) atoms. The summed E-state index contributed by atoms with van der Waals surface area (Å²) in [5, 5.41) is 33.5. The quantitative estimate of drug-likeness (QED) is 0.0362. The van der Waals surface area contributed by atoms with Crippen LogP contribution in [0.1, 0.15) is 316 Å². The Morgan fingerprint density at radius 3 is 0.952 bits per heavy atom. The average Bonchev–Trinajstić information content (AvgIpc) is 3.29. The lowest BCUT2D eigenvalue weighted by molar-refractivity contribution is -0.131. The first-order chi connectivity index (χ1) is 31.1. The summed E-state index contributed by atoms with van der Waals surface area (Å²) >= 11 is 0. The highest BCUT2D eigenvalue weighted by molar-refractivity contribution is 5.80. The maximum atomic E-state index is 12.6. The fourth-order valence-electron chi connectivity index (χ4n) is 9.11. The van der Waals surface area contributed by atoms with Gasteiger partial charge in [-0.25, -0.2) is 0 Å². The number of aliphatic hydroxyl groups excluding tert-OH is 3. The van der Waals surface area contributed by atoms with Crippen LogP contribution in [0.4, 0.5) is 0 Å². The van der Waals surface area contributed by atoms with Crippen molar-refractivity contribution in [3.63, 3.8) is 0 Å². The zero-order valence-electron chi connectivity index (χ0n) is 42.7. The van der Waals surface area contributed by atoms with Crippen LogP contribution in [0.25, 0.3) is 0 Å². The van der Waals surface area contributed by atoms with Gasteiger partial charge in [0, 0.05) is 0 Å². The number of unbranched alkanes of at least 4 members (excludes halogenated alkanes) is 41. The number of allylic oxidation sites excluding steroid dienone is 4. The molecule has 0 rings (SSSR count). The summed E-state index contributed by atoms with van der Waals surface area (Å²) < 4.78 is 0. The summed E-state index contributed by atoms with van der Waals surface area (Å²) in [5.41, 5.74) is 0. The van der Waals surface area contributed by atoms with Crippen molar-refractivity contribution in [1.29, 1.82) is 0 Å². The molecule has 0 aliphatic rings. The summed E-state index contributed by atoms with van der Waals surface area (Å²) in [6.45, 7) is 4.26. The molecule has 5 heteroatoms. The van der Waals surface area contributed by atoms with Gasteiger partial charge in [0.15, 0.2) is 0 Å². The van der Waals surface area contributed by atoms with Crippen molar-refractivity contribution in [3.05, 3.63) is 24.3 Å². The van der Waals surface area contributed by atoms with Crippen molar-refractivity contribution in [3.8, 4) is 0 Å². The third-order valence-corrected chi connectivity index (χ3v) is 13.6. The van der Waals surface area contributed by atoms with Crippen LogP contribution in [-0.2, 0) is 4.79 Å². The summed E-state index contributed by atoms with van der Waals surface area (Å²) in [5.74, 6) is -0.466. The van der Waals surface area contributed by atoms with Gasteiger partial charge in [-0.2, -0.15) is 0 Å². The molecule has 0 aromatic heterocycles. The third-order valence-electron chi connectivity index (χ3n) is 13.6. The van der Waals surface area contributed by atoms with Gasteiger partial charge in [0.2, 0.25) is 5.91 Å². The minimum absolute atomic E-state index is 0.310. The zero-order chi connectivity index (χ0) is 45.8. The van der Waals surface area contributed by atoms with E-state index < -0.39 is 24.2 Å². The fraction of sp³-hybridized carbons (Fsp3) is 0.914. The van der Waals surface area contributed by atoms with E-state index in [1.807, 2.05) is 0 Å². The molecule has 0 heterocycles. The van der Waals surface area contributed by atoms with Crippen LogP contribution in [-0.4, -0.2) is 46.1 Å². The molecule has 0 radical (unpaired) electrons. The smallest absolute Gasteiger partial charge is 0.249 e. The molecule has 0 aromatic carbocycles. The number of rotatable bonds is 53. The van der Waals surface area contributed by atoms with Crippen molar-refractivity contribution in [1.82, 2.24) is 5.32 Å². The maximum Gasteiger partial charge on any atom is 0.249 e. The van der Waals surface area contributed by atoms with Crippen molar-refractivity contribution in [2.45, 2.75) is 334 Å². The van der Waals surface area contributed by atoms with Crippen molar-refractivity contribution in [2.75, 3.05) is 6.61 Å². The first-order valence-electron chi connectivity index (χ1n) is 28.6. The van der Waals surface area contributed by atoms with Gasteiger partial charge in [-0.15, -0.1) is 0 Å². The molecule has 0 spiro atoms. The molecule has 374 valence electrons. The molecule has 1 amide bonds. The molecule has 0 aliphatic carbocycles. The molecule has 4 N–H and O–H groups in total. The highest BCUT2D eigenvalue weighted by Crippen LogP contribution is 2.18. The van der Waals surface area contributed by atoms with Gasteiger partial charge >= 0.3 is 0 Å². The topological polar surface area (TPSA) is 89.8 Å². The molecule has 0 bridgehead atoms. The Hall–Kier alpha value is -1.17. The number of carbonyl (C=O) groups is 1. The van der Waals surface area contributed by atoms with E-state index in [-0.39, 0.29) is 6.61 Å². The third kappa shape index (κ3) is 48.6. The Kier molecular flexibility index (Phi) is 52.5. The van der Waals surface area contributed by atoms with E-state index in [1.54, 1.807) is 0 Å². The number of carbonyl (C=O) groups excluding carboxylic acids is 1. The monoisotopic (exact) mass is 888 g/mol. The van der Waals surface area contributed by atoms with Crippen LogP contribution in [0.5, 0.6) is 0 Å². The second-order valence-electron chi connectivity index (χ2n) is 19.9. The zero-order valence-corrected chi connectivity index (χ0v) is 42.7. The standard InChI is InChI=1S/C58H113NO4/c1-3-5-7-9-11-13-15-17-19-21-22-23-24-25-26-27-28-29-30-31-32-33-34-35-37-39-41-43-45-47-49-51-53-57(62)58(63)59-55(54-60)56(61)52-50-48-46-44-42-40-38-36-20-18-16-14-12-10-8-6-4-2/h22-23,25-26,55-57,60-62H,3-21,24,27-54H2,1-2H3,(H,59,63)/b23-22-,26-25-. The van der Waals surface area contributed by atoms with E-state index >= 15 is 0 Å². The van der Waals surface area contributed by atoms with Crippen LogP contribution >= 0.6 is 0 Å². The Labute approximate surface area is 394 Å². The van der Waals surface area contributed by atoms with E-state index in [0.717, 1.165) is 38.5 Å². The molecule has 0 saturated heterocycles. The Morgan fingerprint density at radius 1 is 0.381 bits per heavy atom. The lowest BCUT2D eigenvalue weighted by Gasteiger charge is -2.23. The van der Waals surface area contributed by atoms with Crippen LogP contribution in [0.3, 0.4) is 0 Å². The number of nitrogens with one attached hydrogen (secondary N) is 1. The van der Waals surface area contributed by atoms with Gasteiger partial charge in [-0.1, -0.05) is 295 Å². The fourth-order valence-corrected chi connectivity index (χ4v) is 9.11. The highest BCUT2D eigenvalue weighted by Gasteiger charge is 2.23. The summed E-state index contributed by atoms with van der Waals surface area (Å²) in [7, 11) is 0. The second-order valence-corrected chi connectivity index (χ2v) is 19.9. The number of amides is 1. The Bertz CT molecular complexity index is 936.